The summed E-state index contributed by atoms with van der Waals surface area (Å²) in [6, 6.07) is 0. The summed E-state index contributed by atoms with van der Waals surface area (Å²) >= 11 is 0. The molecule has 0 radical (unpaired) electrons. The molecule has 0 spiro atoms. The highest BCUT2D eigenvalue weighted by Gasteiger charge is 2.66. The summed E-state index contributed by atoms with van der Waals surface area (Å²) in [7, 11) is 0. The van der Waals surface area contributed by atoms with Crippen LogP contribution in [0.1, 0.15) is 105 Å². The van der Waals surface area contributed by atoms with Crippen LogP contribution >= 0.6 is 0 Å². The minimum atomic E-state index is -0.357. The first-order chi connectivity index (χ1) is 13.3. The fourth-order valence-electron chi connectivity index (χ4n) is 9.85. The van der Waals surface area contributed by atoms with Crippen LogP contribution in [-0.4, -0.2) is 22.9 Å². The average Bonchev–Trinajstić information content (AvgIpc) is 3.30. The van der Waals surface area contributed by atoms with Gasteiger partial charge in [-0.15, -0.1) is 0 Å². The molecule has 2 nitrogen and oxygen atoms in total. The maximum Gasteiger partial charge on any atom is 0.0921 e. The number of epoxide rings is 1. The minimum Gasteiger partial charge on any atom is -0.390 e. The third-order valence-electron chi connectivity index (χ3n) is 11.2. The number of fused-ring (bicyclic) bond motifs is 5. The molecule has 1 heterocycles. The van der Waals surface area contributed by atoms with Gasteiger partial charge >= 0.3 is 0 Å². The third-order valence-corrected chi connectivity index (χ3v) is 11.2. The van der Waals surface area contributed by atoms with Crippen molar-refractivity contribution in [2.75, 3.05) is 6.61 Å². The minimum absolute atomic E-state index is 0.206. The van der Waals surface area contributed by atoms with E-state index in [1.54, 1.807) is 0 Å². The topological polar surface area (TPSA) is 32.8 Å². The maximum absolute atomic E-state index is 11.2. The van der Waals surface area contributed by atoms with Gasteiger partial charge in [0.05, 0.1) is 17.8 Å². The Hall–Kier alpha value is -0.0800. The fraction of sp³-hybridized carbons (Fsp3) is 1.00. The van der Waals surface area contributed by atoms with Gasteiger partial charge in [-0.2, -0.15) is 0 Å². The summed E-state index contributed by atoms with van der Waals surface area (Å²) in [4.78, 5) is 0. The normalized spacial score (nSPS) is 58.0. The van der Waals surface area contributed by atoms with Crippen molar-refractivity contribution < 1.29 is 9.84 Å². The molecule has 0 aromatic heterocycles. The lowest BCUT2D eigenvalue weighted by Gasteiger charge is -2.63. The molecule has 28 heavy (non-hydrogen) atoms. The van der Waals surface area contributed by atoms with Crippen molar-refractivity contribution in [3.05, 3.63) is 0 Å². The predicted octanol–water partition coefficient (Wildman–Crippen LogP) is 6.36. The van der Waals surface area contributed by atoms with E-state index in [1.807, 2.05) is 0 Å². The molecule has 5 fully saturated rings. The van der Waals surface area contributed by atoms with Crippen LogP contribution < -0.4 is 0 Å². The average molecular weight is 389 g/mol. The van der Waals surface area contributed by atoms with E-state index in [-0.39, 0.29) is 11.2 Å². The van der Waals surface area contributed by atoms with Gasteiger partial charge in [-0.25, -0.2) is 0 Å². The number of ether oxygens (including phenoxy) is 1. The molecule has 4 saturated carbocycles. The number of hydrogen-bond acceptors (Lipinski definition) is 2. The molecule has 0 bridgehead atoms. The standard InChI is InChI=1S/C26H44O2/c1-5-12-25(27)14-15-26(6-2)18(16-25)7-8-19-20-9-10-22(24(4)17-28-24)23(20,3)13-11-21(19)26/h18-22,27H,5-17H2,1-4H3/t18-,19+,20+,21+,22+,23+,24?,25-,26+/m1/s1. The Balaban J connectivity index is 1.41. The van der Waals surface area contributed by atoms with Crippen LogP contribution in [0.3, 0.4) is 0 Å². The molecule has 1 unspecified atom stereocenters. The van der Waals surface area contributed by atoms with E-state index in [4.69, 9.17) is 4.74 Å². The highest BCUT2D eigenvalue weighted by molar-refractivity contribution is 5.14. The summed E-state index contributed by atoms with van der Waals surface area (Å²) in [5.74, 6) is 4.36. The molecular formula is C26H44O2. The van der Waals surface area contributed by atoms with Crippen molar-refractivity contribution in [1.82, 2.24) is 0 Å². The second-order valence-corrected chi connectivity index (χ2v) is 12.2. The molecule has 0 amide bonds. The van der Waals surface area contributed by atoms with Gasteiger partial charge in [0.1, 0.15) is 0 Å². The van der Waals surface area contributed by atoms with Gasteiger partial charge < -0.3 is 9.84 Å². The van der Waals surface area contributed by atoms with Crippen LogP contribution in [0, 0.1) is 40.4 Å². The molecule has 1 N–H and O–H groups in total. The molecule has 1 aliphatic heterocycles. The zero-order valence-corrected chi connectivity index (χ0v) is 18.9. The zero-order chi connectivity index (χ0) is 19.8. The summed E-state index contributed by atoms with van der Waals surface area (Å²) in [6.07, 6.45) is 15.5. The van der Waals surface area contributed by atoms with Crippen LogP contribution in [-0.2, 0) is 4.74 Å². The molecule has 1 saturated heterocycles. The lowest BCUT2D eigenvalue weighted by atomic mass is 9.42. The summed E-state index contributed by atoms with van der Waals surface area (Å²) in [6.45, 7) is 10.7. The third kappa shape index (κ3) is 2.65. The quantitative estimate of drug-likeness (QED) is 0.569. The Labute approximate surface area is 173 Å². The van der Waals surface area contributed by atoms with Crippen LogP contribution in [0.15, 0.2) is 0 Å². The van der Waals surface area contributed by atoms with Crippen molar-refractivity contribution in [1.29, 1.82) is 0 Å². The first kappa shape index (κ1) is 19.9. The summed E-state index contributed by atoms with van der Waals surface area (Å²) in [5.41, 5.74) is 0.899. The second kappa shape index (κ2) is 6.46. The highest BCUT2D eigenvalue weighted by atomic mass is 16.6. The maximum atomic E-state index is 11.2. The molecule has 160 valence electrons. The summed E-state index contributed by atoms with van der Waals surface area (Å²) in [5, 5.41) is 11.2. The van der Waals surface area contributed by atoms with Gasteiger partial charge in [-0.05, 0) is 118 Å². The Morgan fingerprint density at radius 2 is 1.71 bits per heavy atom. The van der Waals surface area contributed by atoms with Crippen LogP contribution in [0.2, 0.25) is 0 Å². The zero-order valence-electron chi connectivity index (χ0n) is 18.9. The molecule has 0 aromatic carbocycles. The molecule has 5 aliphatic rings. The fourth-order valence-corrected chi connectivity index (χ4v) is 9.85. The Bertz CT molecular complexity index is 612. The molecular weight excluding hydrogens is 344 g/mol. The van der Waals surface area contributed by atoms with Crippen LogP contribution in [0.4, 0.5) is 0 Å². The number of aliphatic hydroxyl groups is 1. The van der Waals surface area contributed by atoms with Crippen molar-refractivity contribution in [2.24, 2.45) is 40.4 Å². The van der Waals surface area contributed by atoms with Gasteiger partial charge in [-0.3, -0.25) is 0 Å². The van der Waals surface area contributed by atoms with Crippen molar-refractivity contribution in [3.8, 4) is 0 Å². The molecule has 9 atom stereocenters. The Morgan fingerprint density at radius 3 is 2.39 bits per heavy atom. The van der Waals surface area contributed by atoms with Crippen LogP contribution in [0.5, 0.6) is 0 Å². The van der Waals surface area contributed by atoms with E-state index in [1.165, 1.54) is 51.4 Å². The van der Waals surface area contributed by atoms with Gasteiger partial charge in [0, 0.05) is 0 Å². The molecule has 0 aromatic rings. The first-order valence-electron chi connectivity index (χ1n) is 12.7. The van der Waals surface area contributed by atoms with Crippen molar-refractivity contribution in [2.45, 2.75) is 116 Å². The largest absolute Gasteiger partial charge is 0.390 e. The van der Waals surface area contributed by atoms with E-state index in [0.29, 0.717) is 10.8 Å². The molecule has 2 heteroatoms. The van der Waals surface area contributed by atoms with Gasteiger partial charge in [-0.1, -0.05) is 27.2 Å². The van der Waals surface area contributed by atoms with E-state index < -0.39 is 0 Å². The molecule has 5 rings (SSSR count). The number of rotatable bonds is 4. The van der Waals surface area contributed by atoms with E-state index in [0.717, 1.165) is 61.9 Å². The second-order valence-electron chi connectivity index (χ2n) is 12.2. The van der Waals surface area contributed by atoms with Crippen molar-refractivity contribution >= 4 is 0 Å². The lowest BCUT2D eigenvalue weighted by molar-refractivity contribution is -0.163. The van der Waals surface area contributed by atoms with Gasteiger partial charge in [0.2, 0.25) is 0 Å². The molecule has 4 aliphatic carbocycles. The van der Waals surface area contributed by atoms with Gasteiger partial charge in [0.25, 0.3) is 0 Å². The van der Waals surface area contributed by atoms with E-state index in [2.05, 4.69) is 27.7 Å². The van der Waals surface area contributed by atoms with E-state index in [9.17, 15) is 5.11 Å². The number of hydrogen-bond donors (Lipinski definition) is 1. The Morgan fingerprint density at radius 1 is 0.929 bits per heavy atom. The smallest absolute Gasteiger partial charge is 0.0921 e. The predicted molar refractivity (Wildman–Crippen MR) is 114 cm³/mol. The van der Waals surface area contributed by atoms with E-state index >= 15 is 0 Å². The van der Waals surface area contributed by atoms with Gasteiger partial charge in [0.15, 0.2) is 0 Å². The van der Waals surface area contributed by atoms with Crippen molar-refractivity contribution in [3.63, 3.8) is 0 Å². The Kier molecular flexibility index (Phi) is 4.58. The summed E-state index contributed by atoms with van der Waals surface area (Å²) < 4.78 is 5.98. The van der Waals surface area contributed by atoms with Crippen LogP contribution in [0.25, 0.3) is 0 Å². The lowest BCUT2D eigenvalue weighted by Crippen LogP contribution is -2.57. The SMILES string of the molecule is CCC[C@@]1(O)CC[C@@]2(CC)[C@H](CC[C@H]3[C@@H]4CC[C@H](C5(C)CO5)[C@@]4(C)CC[C@@H]32)C1. The highest BCUT2D eigenvalue weighted by Crippen LogP contribution is 2.70. The monoisotopic (exact) mass is 388 g/mol. The first-order valence-corrected chi connectivity index (χ1v) is 12.7.